The Morgan fingerprint density at radius 2 is 1.50 bits per heavy atom. The predicted molar refractivity (Wildman–Crippen MR) is 97.0 cm³/mol. The first kappa shape index (κ1) is 16.5. The van der Waals surface area contributed by atoms with Crippen molar-refractivity contribution in [2.24, 2.45) is 0 Å². The van der Waals surface area contributed by atoms with Gasteiger partial charge in [-0.3, -0.25) is 4.98 Å². The molecule has 24 heavy (non-hydrogen) atoms. The molecular formula is C20H19ClN2O. The first-order valence-electron chi connectivity index (χ1n) is 7.86. The molecule has 1 heterocycles. The summed E-state index contributed by atoms with van der Waals surface area (Å²) < 4.78 is 5.79. The Hall–Kier alpha value is -2.36. The molecule has 0 radical (unpaired) electrons. The SMILES string of the molecule is Clc1ccccc1COc1ccc(CNCc2ccncc2)cc1. The van der Waals surface area contributed by atoms with E-state index in [0.29, 0.717) is 6.61 Å². The third kappa shape index (κ3) is 4.82. The zero-order chi connectivity index (χ0) is 16.6. The lowest BCUT2D eigenvalue weighted by molar-refractivity contribution is 0.306. The van der Waals surface area contributed by atoms with Crippen LogP contribution in [0, 0.1) is 0 Å². The molecule has 0 saturated carbocycles. The molecule has 3 rings (SSSR count). The molecule has 4 heteroatoms. The van der Waals surface area contributed by atoms with Crippen molar-refractivity contribution in [3.05, 3.63) is 94.8 Å². The third-order valence-corrected chi connectivity index (χ3v) is 4.05. The zero-order valence-electron chi connectivity index (χ0n) is 13.3. The Bertz CT molecular complexity index is 760. The summed E-state index contributed by atoms with van der Waals surface area (Å²) in [5, 5.41) is 4.15. The average Bonchev–Trinajstić information content (AvgIpc) is 2.63. The van der Waals surface area contributed by atoms with Gasteiger partial charge in [0.05, 0.1) is 0 Å². The van der Waals surface area contributed by atoms with E-state index in [1.165, 1.54) is 11.1 Å². The van der Waals surface area contributed by atoms with Crippen LogP contribution in [0.15, 0.2) is 73.1 Å². The lowest BCUT2D eigenvalue weighted by Crippen LogP contribution is -2.12. The number of halogens is 1. The fraction of sp³-hybridized carbons (Fsp3) is 0.150. The standard InChI is InChI=1S/C20H19ClN2O/c21-20-4-2-1-3-18(20)15-24-19-7-5-16(6-8-19)13-23-14-17-9-11-22-12-10-17/h1-12,23H,13-15H2. The fourth-order valence-corrected chi connectivity index (χ4v) is 2.52. The van der Waals surface area contributed by atoms with E-state index in [1.54, 1.807) is 0 Å². The van der Waals surface area contributed by atoms with Crippen molar-refractivity contribution in [1.82, 2.24) is 10.3 Å². The summed E-state index contributed by atoms with van der Waals surface area (Å²) in [5.41, 5.74) is 3.43. The van der Waals surface area contributed by atoms with Gasteiger partial charge in [0.2, 0.25) is 0 Å². The lowest BCUT2D eigenvalue weighted by atomic mass is 10.2. The van der Waals surface area contributed by atoms with Gasteiger partial charge in [0.25, 0.3) is 0 Å². The number of aromatic nitrogens is 1. The molecular weight excluding hydrogens is 320 g/mol. The van der Waals surface area contributed by atoms with Gasteiger partial charge in [-0.25, -0.2) is 0 Å². The smallest absolute Gasteiger partial charge is 0.119 e. The number of nitrogens with zero attached hydrogens (tertiary/aromatic N) is 1. The van der Waals surface area contributed by atoms with Crippen LogP contribution < -0.4 is 10.1 Å². The number of rotatable bonds is 7. The van der Waals surface area contributed by atoms with E-state index >= 15 is 0 Å². The van der Waals surface area contributed by atoms with Crippen LogP contribution in [0.5, 0.6) is 5.75 Å². The maximum Gasteiger partial charge on any atom is 0.119 e. The van der Waals surface area contributed by atoms with Crippen molar-refractivity contribution >= 4 is 11.6 Å². The maximum absolute atomic E-state index is 6.13. The van der Waals surface area contributed by atoms with Crippen molar-refractivity contribution in [3.63, 3.8) is 0 Å². The van der Waals surface area contributed by atoms with E-state index in [1.807, 2.05) is 60.9 Å². The predicted octanol–water partition coefficient (Wildman–Crippen LogP) is 4.60. The molecule has 3 nitrogen and oxygen atoms in total. The van der Waals surface area contributed by atoms with Crippen molar-refractivity contribution in [3.8, 4) is 5.75 Å². The molecule has 122 valence electrons. The van der Waals surface area contributed by atoms with Gasteiger partial charge >= 0.3 is 0 Å². The topological polar surface area (TPSA) is 34.1 Å². The van der Waals surface area contributed by atoms with Crippen molar-refractivity contribution in [2.45, 2.75) is 19.7 Å². The molecule has 0 saturated heterocycles. The Kier molecular flexibility index (Phi) is 5.83. The summed E-state index contributed by atoms with van der Waals surface area (Å²) in [6.07, 6.45) is 3.62. The molecule has 0 fully saturated rings. The number of pyridine rings is 1. The first-order chi connectivity index (χ1) is 11.8. The lowest BCUT2D eigenvalue weighted by Gasteiger charge is -2.09. The minimum absolute atomic E-state index is 0.472. The normalized spacial score (nSPS) is 10.5. The second-order valence-corrected chi connectivity index (χ2v) is 5.89. The minimum Gasteiger partial charge on any atom is -0.489 e. The molecule has 0 atom stereocenters. The van der Waals surface area contributed by atoms with E-state index in [-0.39, 0.29) is 0 Å². The molecule has 0 aliphatic heterocycles. The van der Waals surface area contributed by atoms with Crippen LogP contribution in [0.4, 0.5) is 0 Å². The Morgan fingerprint density at radius 3 is 2.21 bits per heavy atom. The van der Waals surface area contributed by atoms with Gasteiger partial charge in [-0.15, -0.1) is 0 Å². The minimum atomic E-state index is 0.472. The van der Waals surface area contributed by atoms with Gasteiger partial charge in [-0.2, -0.15) is 0 Å². The Morgan fingerprint density at radius 1 is 0.833 bits per heavy atom. The van der Waals surface area contributed by atoms with Crippen LogP contribution in [0.1, 0.15) is 16.7 Å². The molecule has 0 amide bonds. The number of hydrogen-bond acceptors (Lipinski definition) is 3. The number of benzene rings is 2. The van der Waals surface area contributed by atoms with E-state index in [4.69, 9.17) is 16.3 Å². The van der Waals surface area contributed by atoms with Gasteiger partial charge in [0, 0.05) is 36.1 Å². The number of hydrogen-bond donors (Lipinski definition) is 1. The third-order valence-electron chi connectivity index (χ3n) is 3.68. The van der Waals surface area contributed by atoms with Crippen molar-refractivity contribution < 1.29 is 4.74 Å². The highest BCUT2D eigenvalue weighted by Gasteiger charge is 2.01. The highest BCUT2D eigenvalue weighted by atomic mass is 35.5. The molecule has 0 aliphatic carbocycles. The van der Waals surface area contributed by atoms with Gasteiger partial charge in [-0.05, 0) is 41.5 Å². The molecule has 0 unspecified atom stereocenters. The van der Waals surface area contributed by atoms with E-state index in [0.717, 1.165) is 29.4 Å². The average molecular weight is 339 g/mol. The second kappa shape index (κ2) is 8.48. The summed E-state index contributed by atoms with van der Waals surface area (Å²) >= 11 is 6.13. The van der Waals surface area contributed by atoms with Crippen LogP contribution >= 0.6 is 11.6 Å². The molecule has 0 bridgehead atoms. The molecule has 1 aromatic heterocycles. The van der Waals surface area contributed by atoms with Crippen LogP contribution in [0.25, 0.3) is 0 Å². The van der Waals surface area contributed by atoms with Gasteiger partial charge in [0.1, 0.15) is 12.4 Å². The van der Waals surface area contributed by atoms with Gasteiger partial charge in [-0.1, -0.05) is 41.9 Å². The van der Waals surface area contributed by atoms with Gasteiger partial charge in [0.15, 0.2) is 0 Å². The number of nitrogens with one attached hydrogen (secondary N) is 1. The number of ether oxygens (including phenoxy) is 1. The Balaban J connectivity index is 1.47. The quantitative estimate of drug-likeness (QED) is 0.683. The summed E-state index contributed by atoms with van der Waals surface area (Å²) in [6, 6.07) is 19.9. The van der Waals surface area contributed by atoms with Gasteiger partial charge < -0.3 is 10.1 Å². The summed E-state index contributed by atoms with van der Waals surface area (Å²) in [5.74, 6) is 0.841. The molecule has 3 aromatic rings. The van der Waals surface area contributed by atoms with Crippen LogP contribution in [-0.2, 0) is 19.7 Å². The summed E-state index contributed by atoms with van der Waals surface area (Å²) in [7, 11) is 0. The maximum atomic E-state index is 6.13. The molecule has 0 aliphatic rings. The largest absolute Gasteiger partial charge is 0.489 e. The summed E-state index contributed by atoms with van der Waals surface area (Å²) in [4.78, 5) is 4.02. The van der Waals surface area contributed by atoms with E-state index in [2.05, 4.69) is 22.4 Å². The molecule has 0 spiro atoms. The van der Waals surface area contributed by atoms with Crippen molar-refractivity contribution in [1.29, 1.82) is 0 Å². The zero-order valence-corrected chi connectivity index (χ0v) is 14.0. The Labute approximate surface area is 147 Å². The second-order valence-electron chi connectivity index (χ2n) is 5.48. The monoisotopic (exact) mass is 338 g/mol. The van der Waals surface area contributed by atoms with Crippen LogP contribution in [0.2, 0.25) is 5.02 Å². The van der Waals surface area contributed by atoms with E-state index in [9.17, 15) is 0 Å². The van der Waals surface area contributed by atoms with Crippen LogP contribution in [0.3, 0.4) is 0 Å². The highest BCUT2D eigenvalue weighted by Crippen LogP contribution is 2.19. The van der Waals surface area contributed by atoms with Crippen LogP contribution in [-0.4, -0.2) is 4.98 Å². The van der Waals surface area contributed by atoms with Crippen molar-refractivity contribution in [2.75, 3.05) is 0 Å². The summed E-state index contributed by atoms with van der Waals surface area (Å²) in [6.45, 7) is 2.11. The highest BCUT2D eigenvalue weighted by molar-refractivity contribution is 6.31. The first-order valence-corrected chi connectivity index (χ1v) is 8.24. The molecule has 1 N–H and O–H groups in total. The molecule has 2 aromatic carbocycles. The fourth-order valence-electron chi connectivity index (χ4n) is 2.33. The van der Waals surface area contributed by atoms with E-state index < -0.39 is 0 Å².